The Morgan fingerprint density at radius 3 is 2.89 bits per heavy atom. The van der Waals surface area contributed by atoms with Crippen LogP contribution in [0.3, 0.4) is 0 Å². The number of carbonyl (C=O) groups is 1. The van der Waals surface area contributed by atoms with Crippen LogP contribution in [-0.4, -0.2) is 40.2 Å². The monoisotopic (exact) mass is 280 g/mol. The van der Waals surface area contributed by atoms with E-state index in [2.05, 4.69) is 4.98 Å². The number of fused-ring (bicyclic) bond motifs is 1. The molecular weight excluding hydrogens is 260 g/mol. The van der Waals surface area contributed by atoms with Crippen LogP contribution in [0.4, 0.5) is 5.82 Å². The van der Waals surface area contributed by atoms with Crippen molar-refractivity contribution in [3.8, 4) is 0 Å². The van der Waals surface area contributed by atoms with Gasteiger partial charge in [-0.25, -0.2) is 4.98 Å². The molecular formula is C14H20N2O2S. The standard InChI is InChI=1S/C14H20N2O2S/c1-9(2)11(17)12(19-3)14(18)16-8-6-10-5-4-7-15-13(10)16/h4-5,7,9,11-12,17H,6,8H2,1-3H3/t11-,12+/m0/s1. The highest BCUT2D eigenvalue weighted by molar-refractivity contribution is 8.00. The minimum absolute atomic E-state index is 0.0360. The third-order valence-electron chi connectivity index (χ3n) is 3.48. The number of aromatic nitrogens is 1. The van der Waals surface area contributed by atoms with Gasteiger partial charge in [-0.1, -0.05) is 19.9 Å². The molecule has 0 fully saturated rings. The number of rotatable bonds is 4. The third kappa shape index (κ3) is 2.77. The van der Waals surface area contributed by atoms with Crippen LogP contribution in [0, 0.1) is 5.92 Å². The molecule has 2 atom stereocenters. The minimum Gasteiger partial charge on any atom is -0.391 e. The molecule has 104 valence electrons. The zero-order chi connectivity index (χ0) is 14.0. The van der Waals surface area contributed by atoms with Gasteiger partial charge < -0.3 is 5.11 Å². The summed E-state index contributed by atoms with van der Waals surface area (Å²) < 4.78 is 0. The number of hydrogen-bond acceptors (Lipinski definition) is 4. The second-order valence-corrected chi connectivity index (χ2v) is 6.10. The van der Waals surface area contributed by atoms with Crippen LogP contribution in [0.2, 0.25) is 0 Å². The van der Waals surface area contributed by atoms with E-state index in [1.807, 2.05) is 32.2 Å². The summed E-state index contributed by atoms with van der Waals surface area (Å²) >= 11 is 1.41. The zero-order valence-electron chi connectivity index (χ0n) is 11.5. The Morgan fingerprint density at radius 2 is 2.26 bits per heavy atom. The van der Waals surface area contributed by atoms with Crippen molar-refractivity contribution >= 4 is 23.5 Å². The van der Waals surface area contributed by atoms with Crippen LogP contribution >= 0.6 is 11.8 Å². The number of thioether (sulfide) groups is 1. The molecule has 1 N–H and O–H groups in total. The molecule has 5 heteroatoms. The molecule has 0 saturated carbocycles. The first-order valence-corrected chi connectivity index (χ1v) is 7.81. The molecule has 4 nitrogen and oxygen atoms in total. The fourth-order valence-electron chi connectivity index (χ4n) is 2.31. The van der Waals surface area contributed by atoms with Crippen LogP contribution in [0.5, 0.6) is 0 Å². The maximum Gasteiger partial charge on any atom is 0.243 e. The van der Waals surface area contributed by atoms with Gasteiger partial charge in [-0.2, -0.15) is 0 Å². The van der Waals surface area contributed by atoms with Gasteiger partial charge >= 0.3 is 0 Å². The fourth-order valence-corrected chi connectivity index (χ4v) is 3.23. The molecule has 2 rings (SSSR count). The van der Waals surface area contributed by atoms with Crippen LogP contribution in [-0.2, 0) is 11.2 Å². The van der Waals surface area contributed by atoms with E-state index in [0.717, 1.165) is 17.8 Å². The molecule has 1 aromatic rings. The number of pyridine rings is 1. The number of aliphatic hydroxyl groups excluding tert-OH is 1. The number of aliphatic hydroxyl groups is 1. The molecule has 0 bridgehead atoms. The van der Waals surface area contributed by atoms with Gasteiger partial charge in [-0.3, -0.25) is 9.69 Å². The lowest BCUT2D eigenvalue weighted by Gasteiger charge is -2.27. The van der Waals surface area contributed by atoms with Crippen molar-refractivity contribution in [1.82, 2.24) is 4.98 Å². The van der Waals surface area contributed by atoms with Crippen molar-refractivity contribution in [3.05, 3.63) is 23.9 Å². The lowest BCUT2D eigenvalue weighted by atomic mass is 10.0. The molecule has 0 radical (unpaired) electrons. The van der Waals surface area contributed by atoms with Gasteiger partial charge in [-0.15, -0.1) is 11.8 Å². The average molecular weight is 280 g/mol. The first-order valence-electron chi connectivity index (χ1n) is 6.52. The molecule has 0 unspecified atom stereocenters. The van der Waals surface area contributed by atoms with E-state index in [1.54, 1.807) is 11.1 Å². The fraction of sp³-hybridized carbons (Fsp3) is 0.571. The summed E-state index contributed by atoms with van der Waals surface area (Å²) in [6.07, 6.45) is 3.78. The Labute approximate surface area is 118 Å². The summed E-state index contributed by atoms with van der Waals surface area (Å²) in [5, 5.41) is 9.75. The molecule has 0 spiro atoms. The molecule has 0 saturated heterocycles. The van der Waals surface area contributed by atoms with Crippen LogP contribution in [0.15, 0.2) is 18.3 Å². The summed E-state index contributed by atoms with van der Waals surface area (Å²) in [6, 6.07) is 3.89. The number of anilines is 1. The largest absolute Gasteiger partial charge is 0.391 e. The average Bonchev–Trinajstić information content (AvgIpc) is 2.82. The molecule has 1 aliphatic rings. The highest BCUT2D eigenvalue weighted by Crippen LogP contribution is 2.29. The Morgan fingerprint density at radius 1 is 1.53 bits per heavy atom. The summed E-state index contributed by atoms with van der Waals surface area (Å²) in [5.41, 5.74) is 1.11. The predicted molar refractivity (Wildman–Crippen MR) is 78.4 cm³/mol. The number of nitrogens with zero attached hydrogens (tertiary/aromatic N) is 2. The van der Waals surface area contributed by atoms with E-state index in [0.29, 0.717) is 6.54 Å². The Balaban J connectivity index is 2.21. The summed E-state index contributed by atoms with van der Waals surface area (Å²) in [6.45, 7) is 4.52. The summed E-state index contributed by atoms with van der Waals surface area (Å²) in [5.74, 6) is 0.779. The van der Waals surface area contributed by atoms with Crippen LogP contribution < -0.4 is 4.90 Å². The maximum absolute atomic E-state index is 12.6. The smallest absolute Gasteiger partial charge is 0.243 e. The lowest BCUT2D eigenvalue weighted by Crippen LogP contribution is -2.44. The molecule has 19 heavy (non-hydrogen) atoms. The van der Waals surface area contributed by atoms with Crippen molar-refractivity contribution < 1.29 is 9.90 Å². The normalized spacial score (nSPS) is 17.4. The van der Waals surface area contributed by atoms with Gasteiger partial charge in [0.05, 0.1) is 6.10 Å². The van der Waals surface area contributed by atoms with E-state index in [4.69, 9.17) is 0 Å². The van der Waals surface area contributed by atoms with Crippen molar-refractivity contribution in [3.63, 3.8) is 0 Å². The number of amides is 1. The topological polar surface area (TPSA) is 53.4 Å². The Kier molecular flexibility index (Phi) is 4.47. The van der Waals surface area contributed by atoms with Crippen molar-refractivity contribution in [2.45, 2.75) is 31.6 Å². The second-order valence-electron chi connectivity index (χ2n) is 5.12. The molecule has 0 aliphatic carbocycles. The molecule has 2 heterocycles. The highest BCUT2D eigenvalue weighted by atomic mass is 32.2. The first kappa shape index (κ1) is 14.3. The van der Waals surface area contributed by atoms with Gasteiger partial charge in [0.1, 0.15) is 11.1 Å². The first-order chi connectivity index (χ1) is 9.06. The number of hydrogen-bond donors (Lipinski definition) is 1. The van der Waals surface area contributed by atoms with Gasteiger partial charge in [-0.05, 0) is 30.2 Å². The molecule has 1 aromatic heterocycles. The van der Waals surface area contributed by atoms with Crippen molar-refractivity contribution in [1.29, 1.82) is 0 Å². The summed E-state index contributed by atoms with van der Waals surface area (Å²) in [7, 11) is 0. The molecule has 0 aromatic carbocycles. The van der Waals surface area contributed by atoms with Crippen LogP contribution in [0.25, 0.3) is 0 Å². The van der Waals surface area contributed by atoms with Gasteiger partial charge in [0.15, 0.2) is 0 Å². The lowest BCUT2D eigenvalue weighted by molar-refractivity contribution is -0.120. The van der Waals surface area contributed by atoms with Crippen molar-refractivity contribution in [2.75, 3.05) is 17.7 Å². The SMILES string of the molecule is CS[C@@H](C(=O)N1CCc2cccnc21)[C@@H](O)C(C)C. The molecule has 1 amide bonds. The van der Waals surface area contributed by atoms with Gasteiger partial charge in [0.25, 0.3) is 0 Å². The van der Waals surface area contributed by atoms with Crippen molar-refractivity contribution in [2.24, 2.45) is 5.92 Å². The van der Waals surface area contributed by atoms with E-state index in [-0.39, 0.29) is 11.8 Å². The zero-order valence-corrected chi connectivity index (χ0v) is 12.4. The van der Waals surface area contributed by atoms with E-state index in [9.17, 15) is 9.90 Å². The minimum atomic E-state index is -0.629. The maximum atomic E-state index is 12.6. The third-order valence-corrected chi connectivity index (χ3v) is 4.47. The Hall–Kier alpha value is -1.07. The molecule has 1 aliphatic heterocycles. The van der Waals surface area contributed by atoms with E-state index in [1.165, 1.54) is 11.8 Å². The number of carbonyl (C=O) groups excluding carboxylic acids is 1. The van der Waals surface area contributed by atoms with E-state index < -0.39 is 11.4 Å². The summed E-state index contributed by atoms with van der Waals surface area (Å²) in [4.78, 5) is 18.6. The predicted octanol–water partition coefficient (Wildman–Crippen LogP) is 1.72. The highest BCUT2D eigenvalue weighted by Gasteiger charge is 2.35. The quantitative estimate of drug-likeness (QED) is 0.912. The van der Waals surface area contributed by atoms with Crippen LogP contribution in [0.1, 0.15) is 19.4 Å². The Bertz CT molecular complexity index is 465. The van der Waals surface area contributed by atoms with E-state index >= 15 is 0 Å². The second kappa shape index (κ2) is 5.92. The van der Waals surface area contributed by atoms with Gasteiger partial charge in [0, 0.05) is 12.7 Å². The van der Waals surface area contributed by atoms with Gasteiger partial charge in [0.2, 0.25) is 5.91 Å².